The monoisotopic (exact) mass is 223 g/mol. The lowest BCUT2D eigenvalue weighted by Gasteiger charge is -2.49. The van der Waals surface area contributed by atoms with E-state index in [0.717, 1.165) is 0 Å². The lowest BCUT2D eigenvalue weighted by Crippen LogP contribution is -2.64. The zero-order valence-corrected chi connectivity index (χ0v) is 9.44. The van der Waals surface area contributed by atoms with Crippen molar-refractivity contribution < 1.29 is 5.11 Å². The minimum Gasteiger partial charge on any atom is -0.387 e. The van der Waals surface area contributed by atoms with Crippen LogP contribution in [0.5, 0.6) is 0 Å². The van der Waals surface area contributed by atoms with Crippen molar-refractivity contribution in [3.05, 3.63) is 10.6 Å². The second kappa shape index (κ2) is 4.18. The fourth-order valence-corrected chi connectivity index (χ4v) is 1.69. The molecule has 0 amide bonds. The Kier molecular flexibility index (Phi) is 3.64. The van der Waals surface area contributed by atoms with Crippen LogP contribution in [-0.4, -0.2) is 35.2 Å². The van der Waals surface area contributed by atoms with Crippen LogP contribution in [0.2, 0.25) is 0 Å². The van der Waals surface area contributed by atoms with Gasteiger partial charge in [-0.05, 0) is 5.92 Å². The molecule has 0 aromatic heterocycles. The van der Waals surface area contributed by atoms with Gasteiger partial charge in [0.15, 0.2) is 0 Å². The SMILES string of the molecule is CC(C)C1(O)CN(CC(Cl)=CCl)C1. The normalized spacial score (nSPS) is 23.4. The van der Waals surface area contributed by atoms with E-state index in [1.54, 1.807) is 0 Å². The summed E-state index contributed by atoms with van der Waals surface area (Å²) in [5, 5.41) is 10.5. The smallest absolute Gasteiger partial charge is 0.0923 e. The van der Waals surface area contributed by atoms with E-state index in [1.165, 1.54) is 5.54 Å². The molecular formula is C9H15Cl2NO. The molecule has 0 atom stereocenters. The predicted octanol–water partition coefficient (Wildman–Crippen LogP) is 2.01. The molecule has 4 heteroatoms. The second-order valence-corrected chi connectivity index (χ2v) is 4.66. The molecule has 0 aromatic rings. The molecule has 1 heterocycles. The third-order valence-corrected chi connectivity index (χ3v) is 3.17. The number of rotatable bonds is 3. The van der Waals surface area contributed by atoms with Crippen LogP contribution in [0.25, 0.3) is 0 Å². The fraction of sp³-hybridized carbons (Fsp3) is 0.778. The summed E-state index contributed by atoms with van der Waals surface area (Å²) in [5.74, 6) is 0.294. The van der Waals surface area contributed by atoms with Gasteiger partial charge in [-0.15, -0.1) is 0 Å². The number of hydrogen-bond donors (Lipinski definition) is 1. The van der Waals surface area contributed by atoms with Crippen LogP contribution < -0.4 is 0 Å². The zero-order chi connectivity index (χ0) is 10.1. The maximum absolute atomic E-state index is 9.91. The van der Waals surface area contributed by atoms with Crippen molar-refractivity contribution in [2.24, 2.45) is 5.92 Å². The molecule has 1 rings (SSSR count). The minimum absolute atomic E-state index is 0.294. The Morgan fingerprint density at radius 2 is 2.15 bits per heavy atom. The van der Waals surface area contributed by atoms with E-state index in [9.17, 15) is 5.11 Å². The van der Waals surface area contributed by atoms with Crippen molar-refractivity contribution in [1.29, 1.82) is 0 Å². The van der Waals surface area contributed by atoms with Gasteiger partial charge in [0.25, 0.3) is 0 Å². The van der Waals surface area contributed by atoms with Crippen LogP contribution in [0.3, 0.4) is 0 Å². The second-order valence-electron chi connectivity index (χ2n) is 3.96. The van der Waals surface area contributed by atoms with E-state index in [2.05, 4.69) is 4.90 Å². The van der Waals surface area contributed by atoms with Crippen LogP contribution in [0.1, 0.15) is 13.8 Å². The number of nitrogens with zero attached hydrogens (tertiary/aromatic N) is 1. The topological polar surface area (TPSA) is 23.5 Å². The first-order chi connectivity index (χ1) is 5.98. The van der Waals surface area contributed by atoms with E-state index in [1.807, 2.05) is 13.8 Å². The van der Waals surface area contributed by atoms with E-state index >= 15 is 0 Å². The highest BCUT2D eigenvalue weighted by atomic mass is 35.5. The maximum atomic E-state index is 9.91. The molecular weight excluding hydrogens is 209 g/mol. The van der Waals surface area contributed by atoms with Gasteiger partial charge < -0.3 is 5.11 Å². The Hall–Kier alpha value is 0.240. The highest BCUT2D eigenvalue weighted by Crippen LogP contribution is 2.29. The molecule has 2 nitrogen and oxygen atoms in total. The summed E-state index contributed by atoms with van der Waals surface area (Å²) < 4.78 is 0. The van der Waals surface area contributed by atoms with Crippen molar-refractivity contribution in [1.82, 2.24) is 4.90 Å². The average Bonchev–Trinajstić information content (AvgIpc) is 2.00. The highest BCUT2D eigenvalue weighted by Gasteiger charge is 2.43. The van der Waals surface area contributed by atoms with Crippen molar-refractivity contribution in [3.63, 3.8) is 0 Å². The predicted molar refractivity (Wildman–Crippen MR) is 56.0 cm³/mol. The molecule has 0 unspecified atom stereocenters. The van der Waals surface area contributed by atoms with Crippen LogP contribution in [-0.2, 0) is 0 Å². The number of aliphatic hydroxyl groups is 1. The molecule has 1 aliphatic rings. The number of hydrogen-bond acceptors (Lipinski definition) is 2. The van der Waals surface area contributed by atoms with E-state index in [-0.39, 0.29) is 0 Å². The number of halogens is 2. The van der Waals surface area contributed by atoms with Crippen LogP contribution >= 0.6 is 23.2 Å². The first kappa shape index (κ1) is 11.3. The van der Waals surface area contributed by atoms with Crippen LogP contribution in [0.15, 0.2) is 10.6 Å². The first-order valence-corrected chi connectivity index (χ1v) is 5.19. The third kappa shape index (κ3) is 2.59. The molecule has 0 radical (unpaired) electrons. The summed E-state index contributed by atoms with van der Waals surface area (Å²) in [4.78, 5) is 2.07. The van der Waals surface area contributed by atoms with Crippen molar-refractivity contribution >= 4 is 23.2 Å². The molecule has 0 saturated carbocycles. The van der Waals surface area contributed by atoms with Gasteiger partial charge in [0.1, 0.15) is 0 Å². The Bertz CT molecular complexity index is 210. The zero-order valence-electron chi connectivity index (χ0n) is 7.93. The third-order valence-electron chi connectivity index (χ3n) is 2.56. The Labute approximate surface area is 89.1 Å². The van der Waals surface area contributed by atoms with E-state index in [4.69, 9.17) is 23.2 Å². The molecule has 0 aromatic carbocycles. The minimum atomic E-state index is -0.524. The summed E-state index contributed by atoms with van der Waals surface area (Å²) in [6.45, 7) is 6.06. The van der Waals surface area contributed by atoms with Gasteiger partial charge in [-0.2, -0.15) is 0 Å². The number of β-amino-alcohol motifs (C(OH)–C–C–N with tert-alkyl or cyclic N) is 1. The Morgan fingerprint density at radius 3 is 2.54 bits per heavy atom. The van der Waals surface area contributed by atoms with Gasteiger partial charge >= 0.3 is 0 Å². The lowest BCUT2D eigenvalue weighted by molar-refractivity contribution is -0.123. The van der Waals surface area contributed by atoms with Gasteiger partial charge in [-0.25, -0.2) is 0 Å². The maximum Gasteiger partial charge on any atom is 0.0923 e. The molecule has 0 bridgehead atoms. The van der Waals surface area contributed by atoms with Gasteiger partial charge in [0.05, 0.1) is 5.60 Å². The summed E-state index contributed by atoms with van der Waals surface area (Å²) in [6, 6.07) is 0. The fourth-order valence-electron chi connectivity index (χ4n) is 1.45. The van der Waals surface area contributed by atoms with Gasteiger partial charge in [0, 0.05) is 30.2 Å². The van der Waals surface area contributed by atoms with E-state index < -0.39 is 5.60 Å². The lowest BCUT2D eigenvalue weighted by atomic mass is 9.83. The quantitative estimate of drug-likeness (QED) is 0.792. The first-order valence-electron chi connectivity index (χ1n) is 4.37. The van der Waals surface area contributed by atoms with Gasteiger partial charge in [0.2, 0.25) is 0 Å². The largest absolute Gasteiger partial charge is 0.387 e. The van der Waals surface area contributed by atoms with Crippen LogP contribution in [0, 0.1) is 5.92 Å². The van der Waals surface area contributed by atoms with Crippen molar-refractivity contribution in [2.75, 3.05) is 19.6 Å². The molecule has 1 fully saturated rings. The molecule has 0 aliphatic carbocycles. The summed E-state index contributed by atoms with van der Waals surface area (Å²) in [7, 11) is 0. The Morgan fingerprint density at radius 1 is 1.62 bits per heavy atom. The summed E-state index contributed by atoms with van der Waals surface area (Å²) >= 11 is 11.2. The molecule has 1 saturated heterocycles. The molecule has 0 spiro atoms. The molecule has 76 valence electrons. The summed E-state index contributed by atoms with van der Waals surface area (Å²) in [6.07, 6.45) is 0. The van der Waals surface area contributed by atoms with Crippen LogP contribution in [0.4, 0.5) is 0 Å². The standard InChI is InChI=1S/C9H15Cl2NO/c1-7(2)9(13)5-12(6-9)4-8(11)3-10/h3,7,13H,4-6H2,1-2H3. The van der Waals surface area contributed by atoms with Gasteiger partial charge in [-0.3, -0.25) is 4.90 Å². The highest BCUT2D eigenvalue weighted by molar-refractivity contribution is 6.36. The van der Waals surface area contributed by atoms with Gasteiger partial charge in [-0.1, -0.05) is 37.0 Å². The Balaban J connectivity index is 2.33. The number of likely N-dealkylation sites (tertiary alicyclic amines) is 1. The van der Waals surface area contributed by atoms with Crippen molar-refractivity contribution in [2.45, 2.75) is 19.4 Å². The van der Waals surface area contributed by atoms with E-state index in [0.29, 0.717) is 30.6 Å². The van der Waals surface area contributed by atoms with Crippen molar-refractivity contribution in [3.8, 4) is 0 Å². The molecule has 13 heavy (non-hydrogen) atoms. The molecule has 1 N–H and O–H groups in total. The summed E-state index contributed by atoms with van der Waals surface area (Å²) in [5.41, 5.74) is 0.845. The average molecular weight is 224 g/mol. The molecule has 1 aliphatic heterocycles.